The highest BCUT2D eigenvalue weighted by Crippen LogP contribution is 2.40. The van der Waals surface area contributed by atoms with Crippen LogP contribution in [-0.2, 0) is 14.2 Å². The predicted molar refractivity (Wildman–Crippen MR) is 134 cm³/mol. The van der Waals surface area contributed by atoms with E-state index in [-0.39, 0.29) is 18.6 Å². The maximum absolute atomic E-state index is 11.7. The maximum Gasteiger partial charge on any atom is 0.407 e. The van der Waals surface area contributed by atoms with Crippen LogP contribution in [-0.4, -0.2) is 83.1 Å². The molecule has 1 amide bonds. The Labute approximate surface area is 211 Å². The van der Waals surface area contributed by atoms with E-state index in [0.29, 0.717) is 25.3 Å². The van der Waals surface area contributed by atoms with E-state index >= 15 is 0 Å². The lowest BCUT2D eigenvalue weighted by Crippen LogP contribution is -2.59. The van der Waals surface area contributed by atoms with Gasteiger partial charge in [0.15, 0.2) is 6.29 Å². The third kappa shape index (κ3) is 10.5. The molecule has 35 heavy (non-hydrogen) atoms. The van der Waals surface area contributed by atoms with Gasteiger partial charge in [-0.3, -0.25) is 0 Å². The molecule has 1 rings (SSSR count). The molecule has 0 aromatic carbocycles. The summed E-state index contributed by atoms with van der Waals surface area (Å²) in [5, 5.41) is 43.7. The standard InChI is InChI=1S/C26H51NO8/c1-6-14-27-25(32)34-17-20-21(29)22(30)23(31)24(35-20)33-15-12-19(28)11-13-26(9-4,10-5)16-18(7-2)8-3/h18-24,28-31H,6-17H2,1-5H3,(H,27,32). The van der Waals surface area contributed by atoms with Crippen LogP contribution in [0.15, 0.2) is 0 Å². The molecule has 0 radical (unpaired) electrons. The van der Waals surface area contributed by atoms with Crippen LogP contribution >= 0.6 is 0 Å². The average Bonchev–Trinajstić information content (AvgIpc) is 2.87. The summed E-state index contributed by atoms with van der Waals surface area (Å²) in [5.41, 5.74) is 0.234. The predicted octanol–water partition coefficient (Wildman–Crippen LogP) is 3.11. The van der Waals surface area contributed by atoms with Crippen LogP contribution in [0, 0.1) is 11.3 Å². The molecule has 9 nitrogen and oxygen atoms in total. The fraction of sp³-hybridized carbons (Fsp3) is 0.962. The van der Waals surface area contributed by atoms with Crippen LogP contribution in [0.5, 0.6) is 0 Å². The maximum atomic E-state index is 11.7. The van der Waals surface area contributed by atoms with Gasteiger partial charge in [-0.25, -0.2) is 4.79 Å². The van der Waals surface area contributed by atoms with Gasteiger partial charge in [0, 0.05) is 6.54 Å². The molecule has 6 unspecified atom stereocenters. The minimum Gasteiger partial charge on any atom is -0.447 e. The molecular formula is C26H51NO8. The SMILES string of the molecule is CCCNC(=O)OCC1OC(OCCC(O)CCC(CC)(CC)CC(CC)CC)C(O)C(O)C1O. The highest BCUT2D eigenvalue weighted by molar-refractivity contribution is 5.67. The first-order valence-corrected chi connectivity index (χ1v) is 13.6. The first-order chi connectivity index (χ1) is 16.7. The topological polar surface area (TPSA) is 138 Å². The van der Waals surface area contributed by atoms with Crippen molar-refractivity contribution < 1.29 is 39.4 Å². The second-order valence-corrected chi connectivity index (χ2v) is 9.99. The minimum atomic E-state index is -1.51. The van der Waals surface area contributed by atoms with Gasteiger partial charge >= 0.3 is 6.09 Å². The van der Waals surface area contributed by atoms with E-state index in [4.69, 9.17) is 14.2 Å². The molecular weight excluding hydrogens is 454 g/mol. The second kappa shape index (κ2) is 16.7. The molecule has 1 aliphatic rings. The number of aliphatic hydroxyl groups excluding tert-OH is 4. The normalized spacial score (nSPS) is 26.1. The Morgan fingerprint density at radius 1 is 1.00 bits per heavy atom. The van der Waals surface area contributed by atoms with E-state index in [1.54, 1.807) is 0 Å². The lowest BCUT2D eigenvalue weighted by atomic mass is 9.70. The van der Waals surface area contributed by atoms with Crippen LogP contribution < -0.4 is 5.32 Å². The zero-order valence-corrected chi connectivity index (χ0v) is 22.4. The molecule has 5 N–H and O–H groups in total. The van der Waals surface area contributed by atoms with Crippen LogP contribution in [0.3, 0.4) is 0 Å². The average molecular weight is 506 g/mol. The Morgan fingerprint density at radius 3 is 2.23 bits per heavy atom. The Morgan fingerprint density at radius 2 is 1.66 bits per heavy atom. The fourth-order valence-electron chi connectivity index (χ4n) is 4.75. The van der Waals surface area contributed by atoms with Crippen molar-refractivity contribution in [3.05, 3.63) is 0 Å². The fourth-order valence-corrected chi connectivity index (χ4v) is 4.75. The van der Waals surface area contributed by atoms with Crippen molar-refractivity contribution in [2.24, 2.45) is 11.3 Å². The molecule has 1 fully saturated rings. The second-order valence-electron chi connectivity index (χ2n) is 9.99. The Balaban J connectivity index is 2.53. The van der Waals surface area contributed by atoms with Gasteiger partial charge in [-0.2, -0.15) is 0 Å². The summed E-state index contributed by atoms with van der Waals surface area (Å²) in [5.74, 6) is 0.705. The van der Waals surface area contributed by atoms with Crippen molar-refractivity contribution in [2.45, 2.75) is 129 Å². The highest BCUT2D eigenvalue weighted by atomic mass is 16.7. The van der Waals surface area contributed by atoms with E-state index < -0.39 is 42.9 Å². The molecule has 6 atom stereocenters. The number of carbonyl (C=O) groups excluding carboxylic acids is 1. The van der Waals surface area contributed by atoms with Crippen molar-refractivity contribution in [3.8, 4) is 0 Å². The van der Waals surface area contributed by atoms with E-state index in [0.717, 1.165) is 25.7 Å². The first-order valence-electron chi connectivity index (χ1n) is 13.6. The van der Waals surface area contributed by atoms with Gasteiger partial charge in [-0.05, 0) is 43.4 Å². The molecule has 1 heterocycles. The minimum absolute atomic E-state index is 0.119. The van der Waals surface area contributed by atoms with Gasteiger partial charge in [0.05, 0.1) is 12.7 Å². The van der Waals surface area contributed by atoms with Gasteiger partial charge in [0.25, 0.3) is 0 Å². The largest absolute Gasteiger partial charge is 0.447 e. The number of aliphatic hydroxyl groups is 4. The third-order valence-corrected chi connectivity index (χ3v) is 7.68. The summed E-state index contributed by atoms with van der Waals surface area (Å²) in [6, 6.07) is 0. The molecule has 0 saturated carbocycles. The lowest BCUT2D eigenvalue weighted by molar-refractivity contribution is -0.301. The van der Waals surface area contributed by atoms with Crippen molar-refractivity contribution in [3.63, 3.8) is 0 Å². The molecule has 0 aromatic rings. The monoisotopic (exact) mass is 505 g/mol. The molecule has 1 saturated heterocycles. The Kier molecular flexibility index (Phi) is 15.3. The van der Waals surface area contributed by atoms with Crippen molar-refractivity contribution >= 4 is 6.09 Å². The van der Waals surface area contributed by atoms with Gasteiger partial charge < -0.3 is 40.0 Å². The molecule has 0 bridgehead atoms. The van der Waals surface area contributed by atoms with Gasteiger partial charge in [-0.1, -0.05) is 60.3 Å². The molecule has 0 spiro atoms. The van der Waals surface area contributed by atoms with E-state index in [1.165, 1.54) is 19.3 Å². The molecule has 9 heteroatoms. The summed E-state index contributed by atoms with van der Waals surface area (Å²) in [7, 11) is 0. The Bertz CT molecular complexity index is 570. The third-order valence-electron chi connectivity index (χ3n) is 7.68. The van der Waals surface area contributed by atoms with Gasteiger partial charge in [-0.15, -0.1) is 0 Å². The summed E-state index contributed by atoms with van der Waals surface area (Å²) in [6.45, 7) is 11.1. The summed E-state index contributed by atoms with van der Waals surface area (Å²) < 4.78 is 16.2. The summed E-state index contributed by atoms with van der Waals surface area (Å²) in [6.07, 6.45) is 0.595. The first kappa shape index (κ1) is 32.1. The zero-order chi connectivity index (χ0) is 26.4. The zero-order valence-electron chi connectivity index (χ0n) is 22.4. The van der Waals surface area contributed by atoms with Gasteiger partial charge in [0.2, 0.25) is 0 Å². The number of ether oxygens (including phenoxy) is 3. The molecule has 1 aliphatic heterocycles. The highest BCUT2D eigenvalue weighted by Gasteiger charge is 2.44. The van der Waals surface area contributed by atoms with Crippen LogP contribution in [0.2, 0.25) is 0 Å². The Hall–Kier alpha value is -0.970. The van der Waals surface area contributed by atoms with Crippen LogP contribution in [0.1, 0.15) is 92.4 Å². The lowest BCUT2D eigenvalue weighted by Gasteiger charge is -2.40. The molecule has 0 aromatic heterocycles. The van der Waals surface area contributed by atoms with Crippen LogP contribution in [0.4, 0.5) is 4.79 Å². The number of carbonyl (C=O) groups is 1. The van der Waals surface area contributed by atoms with E-state index in [1.807, 2.05) is 6.92 Å². The number of alkyl carbamates (subject to hydrolysis) is 1. The van der Waals surface area contributed by atoms with E-state index in [9.17, 15) is 25.2 Å². The summed E-state index contributed by atoms with van der Waals surface area (Å²) >= 11 is 0. The number of rotatable bonds is 17. The van der Waals surface area contributed by atoms with E-state index in [2.05, 4.69) is 33.0 Å². The number of amides is 1. The number of nitrogens with one attached hydrogen (secondary N) is 1. The van der Waals surface area contributed by atoms with Gasteiger partial charge in [0.1, 0.15) is 31.0 Å². The quantitative estimate of drug-likeness (QED) is 0.203. The smallest absolute Gasteiger partial charge is 0.407 e. The molecule has 208 valence electrons. The van der Waals surface area contributed by atoms with Crippen molar-refractivity contribution in [2.75, 3.05) is 19.8 Å². The molecule has 0 aliphatic carbocycles. The summed E-state index contributed by atoms with van der Waals surface area (Å²) in [4.78, 5) is 11.7. The number of hydrogen-bond acceptors (Lipinski definition) is 8. The van der Waals surface area contributed by atoms with Crippen LogP contribution in [0.25, 0.3) is 0 Å². The van der Waals surface area contributed by atoms with Crippen molar-refractivity contribution in [1.29, 1.82) is 0 Å². The number of hydrogen-bond donors (Lipinski definition) is 5. The van der Waals surface area contributed by atoms with Crippen molar-refractivity contribution in [1.82, 2.24) is 5.32 Å².